The van der Waals surface area contributed by atoms with Crippen molar-refractivity contribution in [2.24, 2.45) is 0 Å². The molecule has 4 aromatic rings. The van der Waals surface area contributed by atoms with Crippen molar-refractivity contribution >= 4 is 0 Å². The van der Waals surface area contributed by atoms with Gasteiger partial charge in [0, 0.05) is 23.5 Å². The number of hydrogen-bond acceptors (Lipinski definition) is 5. The van der Waals surface area contributed by atoms with E-state index < -0.39 is 0 Å². The lowest BCUT2D eigenvalue weighted by Crippen LogP contribution is -1.99. The largest absolute Gasteiger partial charge is 0.490 e. The molecule has 0 amide bonds. The van der Waals surface area contributed by atoms with Gasteiger partial charge in [0.2, 0.25) is 0 Å². The molecule has 5 nitrogen and oxygen atoms in total. The molecule has 0 aliphatic carbocycles. The molecule has 0 saturated carbocycles. The molecule has 0 bridgehead atoms. The summed E-state index contributed by atoms with van der Waals surface area (Å²) in [7, 11) is 0. The van der Waals surface area contributed by atoms with Gasteiger partial charge in [-0.05, 0) is 38.7 Å². The fourth-order valence-corrected chi connectivity index (χ4v) is 5.11. The van der Waals surface area contributed by atoms with E-state index >= 15 is 0 Å². The fourth-order valence-electron chi connectivity index (χ4n) is 5.11. The van der Waals surface area contributed by atoms with Crippen LogP contribution in [0.3, 0.4) is 0 Å². The Morgan fingerprint density at radius 3 is 1.33 bits per heavy atom. The van der Waals surface area contributed by atoms with Crippen LogP contribution in [0.25, 0.3) is 22.8 Å². The van der Waals surface area contributed by atoms with Crippen LogP contribution >= 0.6 is 0 Å². The quantitative estimate of drug-likeness (QED) is 0.0991. The molecule has 0 N–H and O–H groups in total. The smallest absolute Gasteiger partial charge is 0.159 e. The number of ether oxygens (including phenoxy) is 1. The van der Waals surface area contributed by atoms with Crippen LogP contribution in [0.4, 0.5) is 0 Å². The molecule has 0 spiro atoms. The SMILES string of the molecule is CCCCCCCCCCOc1cnc(-c2ccc(C)cc2)nc1.CCCCCCCCc1cnc(-c2ccc(C)cc2)nc1. The van der Waals surface area contributed by atoms with Crippen molar-refractivity contribution < 1.29 is 4.74 Å². The Kier molecular flexibility index (Phi) is 17.5. The van der Waals surface area contributed by atoms with Gasteiger partial charge in [-0.3, -0.25) is 0 Å². The van der Waals surface area contributed by atoms with Crippen molar-refractivity contribution in [3.63, 3.8) is 0 Å². The van der Waals surface area contributed by atoms with E-state index in [1.165, 1.54) is 100 Å². The first-order valence-corrected chi connectivity index (χ1v) is 17.5. The summed E-state index contributed by atoms with van der Waals surface area (Å²) in [5, 5.41) is 0. The average molecular weight is 609 g/mol. The summed E-state index contributed by atoms with van der Waals surface area (Å²) in [5.74, 6) is 2.32. The molecule has 0 radical (unpaired) electrons. The highest BCUT2D eigenvalue weighted by Gasteiger charge is 2.03. The van der Waals surface area contributed by atoms with Gasteiger partial charge in [-0.25, -0.2) is 19.9 Å². The van der Waals surface area contributed by atoms with Crippen LogP contribution in [0.2, 0.25) is 0 Å². The molecule has 2 aromatic carbocycles. The molecule has 5 heteroatoms. The molecular formula is C40H56N4O. The van der Waals surface area contributed by atoms with E-state index in [9.17, 15) is 0 Å². The van der Waals surface area contributed by atoms with E-state index in [0.717, 1.165) is 48.0 Å². The normalized spacial score (nSPS) is 10.8. The lowest BCUT2D eigenvalue weighted by molar-refractivity contribution is 0.302. The first-order valence-electron chi connectivity index (χ1n) is 17.5. The van der Waals surface area contributed by atoms with E-state index in [1.807, 2.05) is 24.5 Å². The molecule has 2 heterocycles. The Labute approximate surface area is 273 Å². The van der Waals surface area contributed by atoms with Crippen LogP contribution in [0.15, 0.2) is 73.3 Å². The maximum Gasteiger partial charge on any atom is 0.159 e. The summed E-state index contributed by atoms with van der Waals surface area (Å²) in [5.41, 5.74) is 5.88. The summed E-state index contributed by atoms with van der Waals surface area (Å²) >= 11 is 0. The minimum absolute atomic E-state index is 0.745. The zero-order valence-electron chi connectivity index (χ0n) is 28.4. The Morgan fingerprint density at radius 2 is 0.867 bits per heavy atom. The number of rotatable bonds is 19. The van der Waals surface area contributed by atoms with Gasteiger partial charge < -0.3 is 4.74 Å². The molecule has 4 rings (SSSR count). The predicted molar refractivity (Wildman–Crippen MR) is 190 cm³/mol. The minimum Gasteiger partial charge on any atom is -0.490 e. The first kappa shape index (κ1) is 35.9. The highest BCUT2D eigenvalue weighted by Crippen LogP contribution is 2.18. The Morgan fingerprint density at radius 1 is 0.467 bits per heavy atom. The molecule has 0 unspecified atom stereocenters. The maximum atomic E-state index is 5.74. The summed E-state index contributed by atoms with van der Waals surface area (Å²) < 4.78 is 5.74. The van der Waals surface area contributed by atoms with Gasteiger partial charge in [-0.2, -0.15) is 0 Å². The van der Waals surface area contributed by atoms with Crippen LogP contribution in [-0.2, 0) is 6.42 Å². The van der Waals surface area contributed by atoms with E-state index in [4.69, 9.17) is 4.74 Å². The standard InChI is InChI=1S/C21H30N2O.C19H26N2/c1-3-4-5-6-7-8-9-10-15-24-20-16-22-21(23-17-20)19-13-11-18(2)12-14-19;1-3-4-5-6-7-8-9-17-14-20-19(21-15-17)18-12-10-16(2)11-13-18/h11-14,16-17H,3-10,15H2,1-2H3;10-15H,3-9H2,1-2H3. The number of hydrogen-bond donors (Lipinski definition) is 0. The van der Waals surface area contributed by atoms with Crippen LogP contribution in [-0.4, -0.2) is 26.5 Å². The summed E-state index contributed by atoms with van der Waals surface area (Å²) in [6, 6.07) is 16.6. The second-order valence-electron chi connectivity index (χ2n) is 12.2. The van der Waals surface area contributed by atoms with Gasteiger partial charge >= 0.3 is 0 Å². The van der Waals surface area contributed by atoms with Crippen LogP contribution in [0.5, 0.6) is 5.75 Å². The van der Waals surface area contributed by atoms with Crippen molar-refractivity contribution in [1.29, 1.82) is 0 Å². The molecule has 45 heavy (non-hydrogen) atoms. The molecule has 0 fully saturated rings. The van der Waals surface area contributed by atoms with Gasteiger partial charge in [-0.15, -0.1) is 0 Å². The highest BCUT2D eigenvalue weighted by molar-refractivity contribution is 5.55. The Hall–Kier alpha value is -3.60. The lowest BCUT2D eigenvalue weighted by atomic mass is 10.1. The number of benzene rings is 2. The Balaban J connectivity index is 0.000000248. The van der Waals surface area contributed by atoms with Gasteiger partial charge in [0.1, 0.15) is 0 Å². The molecule has 0 saturated heterocycles. The van der Waals surface area contributed by atoms with Gasteiger partial charge in [-0.1, -0.05) is 151 Å². The van der Waals surface area contributed by atoms with E-state index in [-0.39, 0.29) is 0 Å². The van der Waals surface area contributed by atoms with Crippen molar-refractivity contribution in [1.82, 2.24) is 19.9 Å². The van der Waals surface area contributed by atoms with Crippen LogP contribution in [0.1, 0.15) is 120 Å². The first-order chi connectivity index (χ1) is 22.1. The predicted octanol–water partition coefficient (Wildman–Crippen LogP) is 11.3. The van der Waals surface area contributed by atoms with Crippen LogP contribution < -0.4 is 4.74 Å². The summed E-state index contributed by atoms with van der Waals surface area (Å²) in [6.07, 6.45) is 27.1. The van der Waals surface area contributed by atoms with Gasteiger partial charge in [0.25, 0.3) is 0 Å². The van der Waals surface area contributed by atoms with Crippen LogP contribution in [0, 0.1) is 13.8 Å². The molecule has 2 aromatic heterocycles. The van der Waals surface area contributed by atoms with Gasteiger partial charge in [0.15, 0.2) is 17.4 Å². The van der Waals surface area contributed by atoms with Crippen molar-refractivity contribution in [3.8, 4) is 28.5 Å². The number of nitrogens with zero attached hydrogens (tertiary/aromatic N) is 4. The number of aryl methyl sites for hydroxylation is 3. The monoisotopic (exact) mass is 608 g/mol. The highest BCUT2D eigenvalue weighted by atomic mass is 16.5. The molecular weight excluding hydrogens is 552 g/mol. The number of unbranched alkanes of at least 4 members (excludes halogenated alkanes) is 12. The van der Waals surface area contributed by atoms with E-state index in [2.05, 4.69) is 84.0 Å². The third kappa shape index (κ3) is 14.8. The third-order valence-corrected chi connectivity index (χ3v) is 8.04. The number of aromatic nitrogens is 4. The van der Waals surface area contributed by atoms with E-state index in [0.29, 0.717) is 0 Å². The minimum atomic E-state index is 0.745. The molecule has 0 aliphatic rings. The second-order valence-corrected chi connectivity index (χ2v) is 12.2. The lowest BCUT2D eigenvalue weighted by Gasteiger charge is -2.06. The van der Waals surface area contributed by atoms with Gasteiger partial charge in [0.05, 0.1) is 19.0 Å². The fraction of sp³-hybridized carbons (Fsp3) is 0.500. The average Bonchev–Trinajstić information content (AvgIpc) is 3.07. The summed E-state index contributed by atoms with van der Waals surface area (Å²) in [4.78, 5) is 17.8. The Bertz CT molecular complexity index is 1290. The second kappa shape index (κ2) is 22.0. The van der Waals surface area contributed by atoms with Crippen molar-refractivity contribution in [3.05, 3.63) is 90.0 Å². The van der Waals surface area contributed by atoms with E-state index in [1.54, 1.807) is 12.4 Å². The van der Waals surface area contributed by atoms with Crippen molar-refractivity contribution in [2.45, 2.75) is 124 Å². The third-order valence-electron chi connectivity index (χ3n) is 8.04. The maximum absolute atomic E-state index is 5.74. The zero-order valence-corrected chi connectivity index (χ0v) is 28.4. The molecule has 0 atom stereocenters. The molecule has 0 aliphatic heterocycles. The van der Waals surface area contributed by atoms with Crippen molar-refractivity contribution in [2.75, 3.05) is 6.61 Å². The molecule has 242 valence electrons. The zero-order chi connectivity index (χ0) is 32.0. The topological polar surface area (TPSA) is 60.8 Å². The summed E-state index contributed by atoms with van der Waals surface area (Å²) in [6.45, 7) is 9.44.